The van der Waals surface area contributed by atoms with E-state index in [1.54, 1.807) is 19.1 Å². The van der Waals surface area contributed by atoms with Crippen molar-refractivity contribution in [1.82, 2.24) is 9.88 Å². The second-order valence-corrected chi connectivity index (χ2v) is 9.02. The molecule has 0 radical (unpaired) electrons. The number of aromatic amines is 1. The Bertz CT molecular complexity index is 1180. The van der Waals surface area contributed by atoms with E-state index in [9.17, 15) is 18.4 Å². The van der Waals surface area contributed by atoms with Crippen molar-refractivity contribution in [1.29, 1.82) is 0 Å². The molecule has 4 rings (SSSR count). The van der Waals surface area contributed by atoms with Crippen LogP contribution in [0.15, 0.2) is 59.1 Å². The number of anilines is 1. The number of alkyl halides is 2. The summed E-state index contributed by atoms with van der Waals surface area (Å²) in [4.78, 5) is 32.8. The van der Waals surface area contributed by atoms with Crippen molar-refractivity contribution in [2.45, 2.75) is 19.8 Å². The first-order valence-electron chi connectivity index (χ1n) is 10.7. The highest BCUT2D eigenvalue weighted by molar-refractivity contribution is 9.10. The predicted molar refractivity (Wildman–Crippen MR) is 128 cm³/mol. The molecule has 33 heavy (non-hydrogen) atoms. The van der Waals surface area contributed by atoms with Gasteiger partial charge in [0.1, 0.15) is 0 Å². The van der Waals surface area contributed by atoms with Crippen molar-refractivity contribution in [3.8, 4) is 11.3 Å². The van der Waals surface area contributed by atoms with Crippen LogP contribution in [0.3, 0.4) is 0 Å². The quantitative estimate of drug-likeness (QED) is 0.365. The molecule has 0 bridgehead atoms. The standard InChI is InChI=1S/C25H24BrF2N3O2/c1-16-20(21(26)22(29-16)17-7-4-3-5-8-17)23(32)24(33)31-13-11-30(12-14-31)19-10-6-9-18(15-19)25(2,27)28/h3-10,15,29H,11-14H2,1-2H3. The van der Waals surface area contributed by atoms with Crippen molar-refractivity contribution < 1.29 is 18.4 Å². The lowest BCUT2D eigenvalue weighted by atomic mass is 10.1. The molecule has 5 nitrogen and oxygen atoms in total. The normalized spacial score (nSPS) is 14.5. The molecular weight excluding hydrogens is 492 g/mol. The number of nitrogens with one attached hydrogen (secondary N) is 1. The third-order valence-electron chi connectivity index (χ3n) is 5.90. The summed E-state index contributed by atoms with van der Waals surface area (Å²) < 4.78 is 27.9. The lowest BCUT2D eigenvalue weighted by Gasteiger charge is -2.36. The van der Waals surface area contributed by atoms with Crippen molar-refractivity contribution in [3.63, 3.8) is 0 Å². The van der Waals surface area contributed by atoms with Gasteiger partial charge in [0.15, 0.2) is 0 Å². The molecule has 172 valence electrons. The van der Waals surface area contributed by atoms with Gasteiger partial charge in [-0.3, -0.25) is 9.59 Å². The number of ketones is 1. The molecule has 1 aromatic heterocycles. The molecular formula is C25H24BrF2N3O2. The molecule has 1 N–H and O–H groups in total. The summed E-state index contributed by atoms with van der Waals surface area (Å²) in [6, 6.07) is 15.8. The number of Topliss-reactive ketones (excluding diaryl/α,β-unsaturated/α-hetero) is 1. The second-order valence-electron chi connectivity index (χ2n) is 8.23. The van der Waals surface area contributed by atoms with Gasteiger partial charge in [0.05, 0.1) is 15.7 Å². The molecule has 1 aliphatic heterocycles. The molecule has 0 spiro atoms. The minimum Gasteiger partial charge on any atom is -0.368 e. The highest BCUT2D eigenvalue weighted by Gasteiger charge is 2.31. The molecule has 0 atom stereocenters. The molecule has 3 aromatic rings. The van der Waals surface area contributed by atoms with Crippen LogP contribution in [0.1, 0.15) is 28.5 Å². The molecule has 0 aliphatic carbocycles. The highest BCUT2D eigenvalue weighted by atomic mass is 79.9. The van der Waals surface area contributed by atoms with E-state index in [4.69, 9.17) is 0 Å². The summed E-state index contributed by atoms with van der Waals surface area (Å²) in [5, 5.41) is 0. The summed E-state index contributed by atoms with van der Waals surface area (Å²) in [6.45, 7) is 4.24. The van der Waals surface area contributed by atoms with Crippen LogP contribution >= 0.6 is 15.9 Å². The van der Waals surface area contributed by atoms with Gasteiger partial charge >= 0.3 is 0 Å². The first kappa shape index (κ1) is 23.2. The van der Waals surface area contributed by atoms with Crippen molar-refractivity contribution in [3.05, 3.63) is 75.9 Å². The molecule has 2 heterocycles. The Morgan fingerprint density at radius 2 is 1.67 bits per heavy atom. The zero-order valence-electron chi connectivity index (χ0n) is 18.4. The fourth-order valence-corrected chi connectivity index (χ4v) is 4.87. The molecule has 0 unspecified atom stereocenters. The smallest absolute Gasteiger partial charge is 0.295 e. The van der Waals surface area contributed by atoms with Crippen LogP contribution in [0.25, 0.3) is 11.3 Å². The van der Waals surface area contributed by atoms with Crippen molar-refractivity contribution in [2.24, 2.45) is 0 Å². The highest BCUT2D eigenvalue weighted by Crippen LogP contribution is 2.34. The maximum absolute atomic E-state index is 13.7. The number of aryl methyl sites for hydroxylation is 1. The van der Waals surface area contributed by atoms with Gasteiger partial charge in [-0.15, -0.1) is 0 Å². The fraction of sp³-hybridized carbons (Fsp3) is 0.280. The lowest BCUT2D eigenvalue weighted by molar-refractivity contribution is -0.126. The third-order valence-corrected chi connectivity index (χ3v) is 6.69. The van der Waals surface area contributed by atoms with Gasteiger partial charge < -0.3 is 14.8 Å². The summed E-state index contributed by atoms with van der Waals surface area (Å²) in [7, 11) is 0. The van der Waals surface area contributed by atoms with Crippen LogP contribution in [0.5, 0.6) is 0 Å². The van der Waals surface area contributed by atoms with Gasteiger partial charge in [-0.25, -0.2) is 8.78 Å². The topological polar surface area (TPSA) is 56.4 Å². The first-order valence-corrected chi connectivity index (χ1v) is 11.5. The van der Waals surface area contributed by atoms with Crippen molar-refractivity contribution in [2.75, 3.05) is 31.1 Å². The van der Waals surface area contributed by atoms with Gasteiger partial charge in [-0.2, -0.15) is 0 Å². The van der Waals surface area contributed by atoms with E-state index >= 15 is 0 Å². The molecule has 1 saturated heterocycles. The molecule has 1 amide bonds. The van der Waals surface area contributed by atoms with E-state index in [0.29, 0.717) is 47.6 Å². The summed E-state index contributed by atoms with van der Waals surface area (Å²) in [5.74, 6) is -4.05. The van der Waals surface area contributed by atoms with E-state index in [2.05, 4.69) is 20.9 Å². The van der Waals surface area contributed by atoms with E-state index < -0.39 is 17.6 Å². The Morgan fingerprint density at radius 1 is 1.00 bits per heavy atom. The number of H-pyrrole nitrogens is 1. The van der Waals surface area contributed by atoms with Crippen LogP contribution < -0.4 is 4.90 Å². The molecule has 1 fully saturated rings. The minimum absolute atomic E-state index is 0.0457. The Morgan fingerprint density at radius 3 is 2.30 bits per heavy atom. The maximum atomic E-state index is 13.7. The number of carbonyl (C=O) groups excluding carboxylic acids is 2. The number of hydrogen-bond donors (Lipinski definition) is 1. The zero-order chi connectivity index (χ0) is 23.8. The number of nitrogens with zero attached hydrogens (tertiary/aromatic N) is 2. The van der Waals surface area contributed by atoms with Gasteiger partial charge in [0, 0.05) is 50.0 Å². The van der Waals surface area contributed by atoms with E-state index in [1.165, 1.54) is 17.0 Å². The second kappa shape index (κ2) is 9.09. The summed E-state index contributed by atoms with van der Waals surface area (Å²) >= 11 is 3.50. The zero-order valence-corrected chi connectivity index (χ0v) is 20.0. The third kappa shape index (κ3) is 4.71. The summed E-state index contributed by atoms with van der Waals surface area (Å²) in [5.41, 5.74) is 3.25. The number of amides is 1. The number of piperazine rings is 1. The van der Waals surface area contributed by atoms with E-state index in [-0.39, 0.29) is 5.56 Å². The average Bonchev–Trinajstić information content (AvgIpc) is 3.12. The van der Waals surface area contributed by atoms with Crippen LogP contribution in [0.4, 0.5) is 14.5 Å². The van der Waals surface area contributed by atoms with Gasteiger partial charge in [0.25, 0.3) is 17.6 Å². The molecule has 8 heteroatoms. The van der Waals surface area contributed by atoms with Gasteiger partial charge in [-0.05, 0) is 40.5 Å². The largest absolute Gasteiger partial charge is 0.368 e. The molecule has 1 aliphatic rings. The van der Waals surface area contributed by atoms with E-state index in [0.717, 1.165) is 18.2 Å². The van der Waals surface area contributed by atoms with Gasteiger partial charge in [0.2, 0.25) is 0 Å². The van der Waals surface area contributed by atoms with Crippen LogP contribution in [-0.2, 0) is 10.7 Å². The molecule has 2 aromatic carbocycles. The predicted octanol–water partition coefficient (Wildman–Crippen LogP) is 5.40. The summed E-state index contributed by atoms with van der Waals surface area (Å²) in [6.07, 6.45) is 0. The minimum atomic E-state index is -2.92. The van der Waals surface area contributed by atoms with Crippen LogP contribution in [-0.4, -0.2) is 47.8 Å². The number of hydrogen-bond acceptors (Lipinski definition) is 3. The average molecular weight is 516 g/mol. The Hall–Kier alpha value is -3.00. The number of aromatic nitrogens is 1. The molecule has 0 saturated carbocycles. The Balaban J connectivity index is 1.47. The number of halogens is 3. The monoisotopic (exact) mass is 515 g/mol. The SMILES string of the molecule is Cc1[nH]c(-c2ccccc2)c(Br)c1C(=O)C(=O)N1CCN(c2cccc(C(C)(F)F)c2)CC1. The number of benzene rings is 2. The fourth-order valence-electron chi connectivity index (χ4n) is 4.06. The van der Waals surface area contributed by atoms with E-state index in [1.807, 2.05) is 35.2 Å². The van der Waals surface area contributed by atoms with Gasteiger partial charge in [-0.1, -0.05) is 42.5 Å². The maximum Gasteiger partial charge on any atom is 0.295 e. The van der Waals surface area contributed by atoms with Crippen LogP contribution in [0, 0.1) is 6.92 Å². The number of rotatable bonds is 5. The van der Waals surface area contributed by atoms with Crippen molar-refractivity contribution >= 4 is 33.3 Å². The van der Waals surface area contributed by atoms with Crippen LogP contribution in [0.2, 0.25) is 0 Å². The lowest BCUT2D eigenvalue weighted by Crippen LogP contribution is -2.50. The number of carbonyl (C=O) groups is 2. The Kier molecular flexibility index (Phi) is 6.38. The Labute approximate surface area is 199 Å². The first-order chi connectivity index (χ1) is 15.7.